The van der Waals surface area contributed by atoms with Gasteiger partial charge in [-0.1, -0.05) is 13.8 Å². The number of benzene rings is 1. The lowest BCUT2D eigenvalue weighted by Gasteiger charge is -2.17. The average Bonchev–Trinajstić information content (AvgIpc) is 2.44. The Morgan fingerprint density at radius 3 is 2.29 bits per heavy atom. The smallest absolute Gasteiger partial charge is 0.220 e. The van der Waals surface area contributed by atoms with E-state index < -0.39 is 0 Å². The molecule has 0 saturated heterocycles. The molecule has 0 aliphatic heterocycles. The van der Waals surface area contributed by atoms with Crippen LogP contribution in [0, 0.1) is 5.92 Å². The molecule has 0 radical (unpaired) electrons. The summed E-state index contributed by atoms with van der Waals surface area (Å²) in [5, 5.41) is 2.97. The van der Waals surface area contributed by atoms with Crippen LogP contribution in [0.5, 0.6) is 5.75 Å². The standard InChI is InChI=1S/C17H25NO3/c1-12(2)13(3)18-17(20)6-5-11-21-16-9-7-15(8-10-16)14(4)19/h7-10,12-13H,5-6,11H2,1-4H3,(H,18,20). The maximum absolute atomic E-state index is 11.7. The van der Waals surface area contributed by atoms with Crippen molar-refractivity contribution in [2.24, 2.45) is 5.92 Å². The molecule has 1 rings (SSSR count). The van der Waals surface area contributed by atoms with Gasteiger partial charge in [0, 0.05) is 18.0 Å². The Balaban J connectivity index is 2.25. The van der Waals surface area contributed by atoms with Gasteiger partial charge in [-0.3, -0.25) is 9.59 Å². The SMILES string of the molecule is CC(=O)c1ccc(OCCCC(=O)NC(C)C(C)C)cc1. The van der Waals surface area contributed by atoms with Crippen LogP contribution in [-0.2, 0) is 4.79 Å². The highest BCUT2D eigenvalue weighted by atomic mass is 16.5. The monoisotopic (exact) mass is 291 g/mol. The van der Waals surface area contributed by atoms with Crippen LogP contribution in [0.25, 0.3) is 0 Å². The predicted octanol–water partition coefficient (Wildman–Crippen LogP) is 3.21. The lowest BCUT2D eigenvalue weighted by molar-refractivity contribution is -0.122. The number of hydrogen-bond donors (Lipinski definition) is 1. The Hall–Kier alpha value is -1.84. The summed E-state index contributed by atoms with van der Waals surface area (Å²) in [6, 6.07) is 7.23. The number of carbonyl (C=O) groups is 2. The van der Waals surface area contributed by atoms with Crippen molar-refractivity contribution in [1.82, 2.24) is 5.32 Å². The molecule has 1 aromatic carbocycles. The summed E-state index contributed by atoms with van der Waals surface area (Å²) in [6.45, 7) is 8.20. The van der Waals surface area contributed by atoms with Gasteiger partial charge in [-0.2, -0.15) is 0 Å². The van der Waals surface area contributed by atoms with Gasteiger partial charge in [-0.05, 0) is 50.5 Å². The third-order valence-corrected chi connectivity index (χ3v) is 3.47. The Labute approximate surface area is 126 Å². The number of ether oxygens (including phenoxy) is 1. The normalized spacial score (nSPS) is 12.0. The Bertz CT molecular complexity index is 465. The van der Waals surface area contributed by atoms with E-state index in [1.54, 1.807) is 24.3 Å². The first kappa shape index (κ1) is 17.2. The molecule has 1 atom stereocenters. The second-order valence-corrected chi connectivity index (χ2v) is 5.63. The van der Waals surface area contributed by atoms with Gasteiger partial charge in [0.15, 0.2) is 5.78 Å². The molecule has 0 fully saturated rings. The minimum atomic E-state index is 0.0393. The molecule has 116 valence electrons. The molecule has 4 nitrogen and oxygen atoms in total. The summed E-state index contributed by atoms with van der Waals surface area (Å²) >= 11 is 0. The first-order valence-electron chi connectivity index (χ1n) is 7.43. The fraction of sp³-hybridized carbons (Fsp3) is 0.529. The van der Waals surface area contributed by atoms with Gasteiger partial charge >= 0.3 is 0 Å². The summed E-state index contributed by atoms with van der Waals surface area (Å²) < 4.78 is 5.55. The molecular weight excluding hydrogens is 266 g/mol. The molecule has 1 unspecified atom stereocenters. The predicted molar refractivity (Wildman–Crippen MR) is 83.6 cm³/mol. The zero-order chi connectivity index (χ0) is 15.8. The fourth-order valence-corrected chi connectivity index (χ4v) is 1.70. The van der Waals surface area contributed by atoms with Crippen LogP contribution in [0.3, 0.4) is 0 Å². The van der Waals surface area contributed by atoms with Crippen molar-refractivity contribution in [3.8, 4) is 5.75 Å². The van der Waals surface area contributed by atoms with Crippen LogP contribution < -0.4 is 10.1 Å². The van der Waals surface area contributed by atoms with E-state index in [9.17, 15) is 9.59 Å². The first-order chi connectivity index (χ1) is 9.90. The van der Waals surface area contributed by atoms with Gasteiger partial charge in [-0.25, -0.2) is 0 Å². The lowest BCUT2D eigenvalue weighted by Crippen LogP contribution is -2.36. The van der Waals surface area contributed by atoms with Gasteiger partial charge in [0.05, 0.1) is 6.61 Å². The third kappa shape index (κ3) is 6.43. The van der Waals surface area contributed by atoms with Gasteiger partial charge in [0.2, 0.25) is 5.91 Å². The van der Waals surface area contributed by atoms with E-state index >= 15 is 0 Å². The molecule has 21 heavy (non-hydrogen) atoms. The number of ketones is 1. The Morgan fingerprint density at radius 1 is 1.14 bits per heavy atom. The number of amides is 1. The first-order valence-corrected chi connectivity index (χ1v) is 7.43. The molecular formula is C17H25NO3. The van der Waals surface area contributed by atoms with Crippen LogP contribution in [0.1, 0.15) is 50.9 Å². The van der Waals surface area contributed by atoms with Gasteiger partial charge < -0.3 is 10.1 Å². The number of hydrogen-bond acceptors (Lipinski definition) is 3. The van der Waals surface area contributed by atoms with Crippen LogP contribution in [-0.4, -0.2) is 24.3 Å². The zero-order valence-corrected chi connectivity index (χ0v) is 13.3. The quantitative estimate of drug-likeness (QED) is 0.591. The van der Waals surface area contributed by atoms with E-state index in [2.05, 4.69) is 19.2 Å². The summed E-state index contributed by atoms with van der Waals surface area (Å²) in [5.41, 5.74) is 0.671. The van der Waals surface area contributed by atoms with Crippen molar-refractivity contribution in [2.75, 3.05) is 6.61 Å². The van der Waals surface area contributed by atoms with Gasteiger partial charge in [0.1, 0.15) is 5.75 Å². The molecule has 1 N–H and O–H groups in total. The summed E-state index contributed by atoms with van der Waals surface area (Å²) in [6.07, 6.45) is 1.13. The zero-order valence-electron chi connectivity index (χ0n) is 13.3. The summed E-state index contributed by atoms with van der Waals surface area (Å²) in [4.78, 5) is 22.8. The molecule has 0 spiro atoms. The van der Waals surface area contributed by atoms with E-state index in [-0.39, 0.29) is 17.7 Å². The highest BCUT2D eigenvalue weighted by Gasteiger charge is 2.10. The summed E-state index contributed by atoms with van der Waals surface area (Å²) in [5.74, 6) is 1.25. The van der Waals surface area contributed by atoms with Crippen LogP contribution >= 0.6 is 0 Å². The van der Waals surface area contributed by atoms with Crippen molar-refractivity contribution >= 4 is 11.7 Å². The topological polar surface area (TPSA) is 55.4 Å². The van der Waals surface area contributed by atoms with Crippen LogP contribution in [0.2, 0.25) is 0 Å². The van der Waals surface area contributed by atoms with Gasteiger partial charge in [0.25, 0.3) is 0 Å². The van der Waals surface area contributed by atoms with Crippen molar-refractivity contribution in [1.29, 1.82) is 0 Å². The molecule has 0 aliphatic carbocycles. The molecule has 1 amide bonds. The van der Waals surface area contributed by atoms with E-state index in [0.717, 1.165) is 5.75 Å². The molecule has 0 aromatic heterocycles. The molecule has 0 bridgehead atoms. The van der Waals surface area contributed by atoms with Crippen molar-refractivity contribution < 1.29 is 14.3 Å². The van der Waals surface area contributed by atoms with E-state index in [1.165, 1.54) is 6.92 Å². The third-order valence-electron chi connectivity index (χ3n) is 3.47. The van der Waals surface area contributed by atoms with Crippen molar-refractivity contribution in [2.45, 2.75) is 46.6 Å². The van der Waals surface area contributed by atoms with E-state index in [4.69, 9.17) is 4.74 Å². The highest BCUT2D eigenvalue weighted by molar-refractivity contribution is 5.94. The van der Waals surface area contributed by atoms with Crippen LogP contribution in [0.4, 0.5) is 0 Å². The largest absolute Gasteiger partial charge is 0.494 e. The second kappa shape index (κ2) is 8.45. The van der Waals surface area contributed by atoms with E-state index in [0.29, 0.717) is 30.9 Å². The molecule has 0 saturated carbocycles. The number of rotatable bonds is 8. The molecule has 4 heteroatoms. The van der Waals surface area contributed by atoms with Crippen molar-refractivity contribution in [3.05, 3.63) is 29.8 Å². The van der Waals surface area contributed by atoms with Gasteiger partial charge in [-0.15, -0.1) is 0 Å². The fourth-order valence-electron chi connectivity index (χ4n) is 1.70. The van der Waals surface area contributed by atoms with Crippen molar-refractivity contribution in [3.63, 3.8) is 0 Å². The Kier molecular flexibility index (Phi) is 6.92. The lowest BCUT2D eigenvalue weighted by atomic mass is 10.1. The highest BCUT2D eigenvalue weighted by Crippen LogP contribution is 2.13. The Morgan fingerprint density at radius 2 is 1.76 bits per heavy atom. The minimum absolute atomic E-state index is 0.0393. The number of Topliss-reactive ketones (excluding diaryl/α,β-unsaturated/α-hetero) is 1. The molecule has 1 aromatic rings. The minimum Gasteiger partial charge on any atom is -0.494 e. The average molecular weight is 291 g/mol. The van der Waals surface area contributed by atoms with E-state index in [1.807, 2.05) is 6.92 Å². The summed E-state index contributed by atoms with van der Waals surface area (Å²) in [7, 11) is 0. The molecule has 0 aliphatic rings. The number of carbonyl (C=O) groups excluding carboxylic acids is 2. The molecule has 0 heterocycles. The maximum atomic E-state index is 11.7. The maximum Gasteiger partial charge on any atom is 0.220 e. The second-order valence-electron chi connectivity index (χ2n) is 5.63. The number of nitrogens with one attached hydrogen (secondary N) is 1. The van der Waals surface area contributed by atoms with Crippen LogP contribution in [0.15, 0.2) is 24.3 Å².